The van der Waals surface area contributed by atoms with Crippen LogP contribution in [0.2, 0.25) is 0 Å². The van der Waals surface area contributed by atoms with E-state index in [1.807, 2.05) is 0 Å². The van der Waals surface area contributed by atoms with Gasteiger partial charge in [-0.3, -0.25) is 0 Å². The molecule has 0 atom stereocenters. The number of nitrogens with two attached hydrogens (primary N) is 1. The van der Waals surface area contributed by atoms with E-state index in [1.54, 1.807) is 5.55 Å². The summed E-state index contributed by atoms with van der Waals surface area (Å²) in [6.07, 6.45) is 0. The lowest BCUT2D eigenvalue weighted by atomic mass is 11.7. The predicted molar refractivity (Wildman–Crippen MR) is 29.7 cm³/mol. The van der Waals surface area contributed by atoms with Crippen LogP contribution in [-0.4, -0.2) is 9.37 Å². The molecule has 0 aliphatic carbocycles. The van der Waals surface area contributed by atoms with Crippen molar-refractivity contribution >= 4 is 29.6 Å². The van der Waals surface area contributed by atoms with Gasteiger partial charge in [0.15, 0.2) is 0 Å². The number of nitrogens with zero attached hydrogens (tertiary/aromatic N) is 2. The van der Waals surface area contributed by atoms with Crippen LogP contribution in [0, 0.1) is 0 Å². The van der Waals surface area contributed by atoms with Crippen LogP contribution in [0.5, 0.6) is 0 Å². The highest BCUT2D eigenvalue weighted by Gasteiger charge is 2.00. The summed E-state index contributed by atoms with van der Waals surface area (Å²) in [4.78, 5) is 0. The molecule has 2 N–H and O–H groups in total. The van der Waals surface area contributed by atoms with Crippen molar-refractivity contribution in [2.75, 3.05) is 0 Å². The molecular weight excluding hydrogens is 118 g/mol. The van der Waals surface area contributed by atoms with E-state index in [0.717, 1.165) is 0 Å². The van der Waals surface area contributed by atoms with E-state index in [0.29, 0.717) is 0 Å². The van der Waals surface area contributed by atoms with Crippen molar-refractivity contribution in [1.82, 2.24) is 3.82 Å². The largest absolute Gasteiger partial charge is 0.247 e. The molecule has 1 aliphatic heterocycles. The monoisotopic (exact) mass is 121 g/mol. The molecule has 5 heteroatoms. The molecule has 0 aromatic heterocycles. The third-order valence-electron chi connectivity index (χ3n) is 0.322. The van der Waals surface area contributed by atoms with Crippen molar-refractivity contribution in [2.45, 2.75) is 0 Å². The minimum atomic E-state index is 1.24. The minimum absolute atomic E-state index is 1.24. The van der Waals surface area contributed by atoms with Crippen LogP contribution in [0.15, 0.2) is 4.40 Å². The minimum Gasteiger partial charge on any atom is -0.247 e. The second-order valence-corrected chi connectivity index (χ2v) is 2.50. The van der Waals surface area contributed by atoms with Crippen molar-refractivity contribution < 1.29 is 0 Å². The van der Waals surface area contributed by atoms with Crippen LogP contribution >= 0.6 is 24.1 Å². The number of hydrogen-bond donors (Lipinski definition) is 1. The fourth-order valence-corrected chi connectivity index (χ4v) is 1.03. The second kappa shape index (κ2) is 1.83. The second-order valence-electron chi connectivity index (χ2n) is 0.683. The fourth-order valence-electron chi connectivity index (χ4n) is 0.151. The third kappa shape index (κ3) is 0.874. The molecule has 34 valence electrons. The molecule has 0 spiro atoms. The Labute approximate surface area is 44.4 Å². The summed E-state index contributed by atoms with van der Waals surface area (Å²) in [6.45, 7) is 0. The Bertz CT molecular complexity index is 63.2. The molecule has 0 saturated carbocycles. The molecule has 0 aromatic carbocycles. The fraction of sp³-hybridized carbons (Fsp3) is 0. The van der Waals surface area contributed by atoms with Gasteiger partial charge in [-0.05, 0) is 0 Å². The topological polar surface area (TPSA) is 41.6 Å². The Hall–Kier alpha value is 0.290. The Morgan fingerprint density at radius 3 is 2.83 bits per heavy atom. The van der Waals surface area contributed by atoms with Crippen LogP contribution in [0.25, 0.3) is 0 Å². The predicted octanol–water partition coefficient (Wildman–Crippen LogP) is 0.415. The van der Waals surface area contributed by atoms with Gasteiger partial charge >= 0.3 is 0 Å². The first-order valence-electron chi connectivity index (χ1n) is 1.30. The summed E-state index contributed by atoms with van der Waals surface area (Å²) in [5.74, 6) is 5.17. The molecule has 0 amide bonds. The van der Waals surface area contributed by atoms with Gasteiger partial charge in [-0.15, -0.1) is 3.82 Å². The van der Waals surface area contributed by atoms with Gasteiger partial charge in [0, 0.05) is 11.9 Å². The van der Waals surface area contributed by atoms with Crippen LogP contribution in [0.4, 0.5) is 0 Å². The first-order valence-corrected chi connectivity index (χ1v) is 2.87. The summed E-state index contributed by atoms with van der Waals surface area (Å²) in [5, 5.41) is 0. The Morgan fingerprint density at radius 1 is 1.83 bits per heavy atom. The van der Waals surface area contributed by atoms with Gasteiger partial charge < -0.3 is 0 Å². The van der Waals surface area contributed by atoms with Crippen molar-refractivity contribution in [3.05, 3.63) is 0 Å². The molecule has 0 radical (unpaired) electrons. The molecule has 0 saturated heterocycles. The molecule has 1 aliphatic rings. The van der Waals surface area contributed by atoms with Crippen molar-refractivity contribution in [3.8, 4) is 0 Å². The van der Waals surface area contributed by atoms with Crippen LogP contribution < -0.4 is 5.84 Å². The Balaban J connectivity index is 2.32. The lowest BCUT2D eigenvalue weighted by molar-refractivity contribution is 0.829. The lowest BCUT2D eigenvalue weighted by Crippen LogP contribution is -2.09. The maximum absolute atomic E-state index is 5.17. The lowest BCUT2D eigenvalue weighted by Gasteiger charge is -1.94. The molecule has 0 fully saturated rings. The molecule has 3 nitrogen and oxygen atoms in total. The average molecular weight is 121 g/mol. The number of rotatable bonds is 0. The van der Waals surface area contributed by atoms with Gasteiger partial charge in [0.2, 0.25) is 0 Å². The molecule has 6 heavy (non-hydrogen) atoms. The van der Waals surface area contributed by atoms with E-state index >= 15 is 0 Å². The van der Waals surface area contributed by atoms with E-state index in [2.05, 4.69) is 4.40 Å². The van der Waals surface area contributed by atoms with Crippen molar-refractivity contribution in [2.24, 2.45) is 10.2 Å². The zero-order valence-corrected chi connectivity index (χ0v) is 4.50. The van der Waals surface area contributed by atoms with Crippen LogP contribution in [0.1, 0.15) is 0 Å². The zero-order chi connectivity index (χ0) is 4.41. The Morgan fingerprint density at radius 2 is 2.67 bits per heavy atom. The van der Waals surface area contributed by atoms with Gasteiger partial charge in [0.25, 0.3) is 0 Å². The molecule has 1 rings (SSSR count). The van der Waals surface area contributed by atoms with Gasteiger partial charge in [0.1, 0.15) is 0 Å². The molecule has 0 unspecified atom stereocenters. The van der Waals surface area contributed by atoms with E-state index < -0.39 is 0 Å². The van der Waals surface area contributed by atoms with Gasteiger partial charge in [-0.1, -0.05) is 0 Å². The third-order valence-corrected chi connectivity index (χ3v) is 1.68. The molecular formula is CH3N3S2. The molecule has 0 aromatic rings. The smallest absolute Gasteiger partial charge is 0.0892 e. The van der Waals surface area contributed by atoms with Gasteiger partial charge in [-0.25, -0.2) is 5.84 Å². The maximum Gasteiger partial charge on any atom is 0.0892 e. The number of hydrazine groups is 1. The zero-order valence-electron chi connectivity index (χ0n) is 2.87. The van der Waals surface area contributed by atoms with Crippen molar-refractivity contribution in [1.29, 1.82) is 0 Å². The van der Waals surface area contributed by atoms with Gasteiger partial charge in [0.05, 0.1) is 17.7 Å². The van der Waals surface area contributed by atoms with Gasteiger partial charge in [-0.2, -0.15) is 4.40 Å². The van der Waals surface area contributed by atoms with Crippen molar-refractivity contribution in [3.63, 3.8) is 0 Å². The average Bonchev–Trinajstić information content (AvgIpc) is 1.86. The summed E-state index contributed by atoms with van der Waals surface area (Å²) in [5.41, 5.74) is 1.69. The summed E-state index contributed by atoms with van der Waals surface area (Å²) < 4.78 is 5.19. The molecule has 0 bridgehead atoms. The van der Waals surface area contributed by atoms with E-state index in [-0.39, 0.29) is 0 Å². The van der Waals surface area contributed by atoms with Crippen LogP contribution in [-0.2, 0) is 0 Å². The van der Waals surface area contributed by atoms with E-state index in [9.17, 15) is 0 Å². The molecule has 1 heterocycles. The normalized spacial score (nSPS) is 22.8. The maximum atomic E-state index is 5.17. The first-order chi connectivity index (χ1) is 2.89. The summed E-state index contributed by atoms with van der Waals surface area (Å²) in [6, 6.07) is 0. The van der Waals surface area contributed by atoms with Crippen LogP contribution in [0.3, 0.4) is 0 Å². The SMILES string of the molecule is NN1SC=NS1. The summed E-state index contributed by atoms with van der Waals surface area (Å²) >= 11 is 2.62. The highest BCUT2D eigenvalue weighted by molar-refractivity contribution is 8.22. The van der Waals surface area contributed by atoms with E-state index in [1.165, 1.54) is 27.9 Å². The highest BCUT2D eigenvalue weighted by atomic mass is 32.2. The van der Waals surface area contributed by atoms with E-state index in [4.69, 9.17) is 5.84 Å². The highest BCUT2D eigenvalue weighted by Crippen LogP contribution is 2.21. The quantitative estimate of drug-likeness (QED) is 0.372. The summed E-state index contributed by atoms with van der Waals surface area (Å²) in [7, 11) is 0. The Kier molecular flexibility index (Phi) is 1.36. The number of hydrogen-bond acceptors (Lipinski definition) is 5. The standard InChI is InChI=1S/CH3N3S2/c2-4-5-1-3-6-4/h1H,2H2. The first kappa shape index (κ1) is 4.45.